The van der Waals surface area contributed by atoms with Gasteiger partial charge < -0.3 is 26.4 Å². The molecule has 3 rings (SSSR count). The number of nitrogens with two attached hydrogens (primary N) is 2. The molecule has 0 unspecified atom stereocenters. The van der Waals surface area contributed by atoms with Gasteiger partial charge in [0, 0.05) is 25.5 Å². The normalized spacial score (nSPS) is 11.4. The average molecular weight is 539 g/mol. The molecule has 1 aromatic heterocycles. The number of rotatable bonds is 10. The fourth-order valence-corrected chi connectivity index (χ4v) is 4.41. The Hall–Kier alpha value is -4.45. The summed E-state index contributed by atoms with van der Waals surface area (Å²) < 4.78 is 8.87. The van der Waals surface area contributed by atoms with Crippen molar-refractivity contribution in [2.75, 3.05) is 42.8 Å². The van der Waals surface area contributed by atoms with Crippen molar-refractivity contribution >= 4 is 52.3 Å². The van der Waals surface area contributed by atoms with Crippen molar-refractivity contribution in [3.8, 4) is 0 Å². The number of hydrogen-bond donors (Lipinski definition) is 3. The lowest BCUT2D eigenvalue weighted by Gasteiger charge is -2.31. The lowest BCUT2D eigenvalue weighted by Crippen LogP contribution is -2.45. The molecule has 5 N–H and O–H groups in total. The van der Waals surface area contributed by atoms with Crippen molar-refractivity contribution in [3.05, 3.63) is 70.2 Å². The van der Waals surface area contributed by atoms with Crippen molar-refractivity contribution in [2.24, 2.45) is 5.73 Å². The van der Waals surface area contributed by atoms with Crippen LogP contribution in [0.4, 0.5) is 17.1 Å². The van der Waals surface area contributed by atoms with Gasteiger partial charge in [-0.3, -0.25) is 24.1 Å². The first-order valence-corrected chi connectivity index (χ1v) is 12.5. The standard InChI is InChI=1S/C26H30N6O5S/c1-5-37-19(33)14-29-25(35)22(16-8-12-17(13-9-16)31(3)4)32(18-10-6-15(2)7-11-18)26(36)23-20(27)21(24(28)34)30-38-23/h6-13,22H,5,14,27H2,1-4H3,(H2,28,34)(H,29,35)/t22-/m0/s1. The molecule has 38 heavy (non-hydrogen) atoms. The number of nitrogens with one attached hydrogen (secondary N) is 1. The number of hydrogen-bond acceptors (Lipinski definition) is 9. The molecule has 0 saturated heterocycles. The zero-order valence-corrected chi connectivity index (χ0v) is 22.4. The number of carbonyl (C=O) groups is 4. The summed E-state index contributed by atoms with van der Waals surface area (Å²) in [6.07, 6.45) is 0. The molecular weight excluding hydrogens is 508 g/mol. The Labute approximate surface area is 224 Å². The number of aryl methyl sites for hydroxylation is 1. The summed E-state index contributed by atoms with van der Waals surface area (Å²) in [6, 6.07) is 12.8. The van der Waals surface area contributed by atoms with Crippen LogP contribution in [0.3, 0.4) is 0 Å². The molecule has 0 radical (unpaired) electrons. The molecule has 12 heteroatoms. The maximum absolute atomic E-state index is 14.0. The summed E-state index contributed by atoms with van der Waals surface area (Å²) in [5.41, 5.74) is 13.7. The van der Waals surface area contributed by atoms with Crippen molar-refractivity contribution < 1.29 is 23.9 Å². The maximum atomic E-state index is 14.0. The minimum Gasteiger partial charge on any atom is -0.465 e. The Balaban J connectivity index is 2.16. The van der Waals surface area contributed by atoms with Gasteiger partial charge in [0.15, 0.2) is 5.69 Å². The van der Waals surface area contributed by atoms with Crippen molar-refractivity contribution in [2.45, 2.75) is 19.9 Å². The van der Waals surface area contributed by atoms with Crippen LogP contribution in [0.1, 0.15) is 44.3 Å². The lowest BCUT2D eigenvalue weighted by molar-refractivity contribution is -0.143. The van der Waals surface area contributed by atoms with E-state index in [0.29, 0.717) is 22.8 Å². The molecule has 0 fully saturated rings. The van der Waals surface area contributed by atoms with Crippen LogP contribution in [0.5, 0.6) is 0 Å². The molecule has 200 valence electrons. The average Bonchev–Trinajstić information content (AvgIpc) is 3.28. The van der Waals surface area contributed by atoms with Crippen LogP contribution >= 0.6 is 11.5 Å². The molecule has 0 aliphatic rings. The van der Waals surface area contributed by atoms with Crippen molar-refractivity contribution in [1.82, 2.24) is 9.69 Å². The third-order valence-corrected chi connectivity index (χ3v) is 6.48. The largest absolute Gasteiger partial charge is 0.465 e. The quantitative estimate of drug-likeness (QED) is 0.331. The number of nitrogen functional groups attached to an aromatic ring is 1. The molecule has 3 amide bonds. The highest BCUT2D eigenvalue weighted by Gasteiger charge is 2.36. The highest BCUT2D eigenvalue weighted by molar-refractivity contribution is 7.09. The number of carbonyl (C=O) groups excluding carboxylic acids is 4. The Morgan fingerprint density at radius 2 is 1.63 bits per heavy atom. The molecule has 0 aliphatic carbocycles. The topological polar surface area (TPSA) is 161 Å². The van der Waals surface area contributed by atoms with Gasteiger partial charge in [0.25, 0.3) is 11.8 Å². The van der Waals surface area contributed by atoms with Crippen molar-refractivity contribution in [1.29, 1.82) is 0 Å². The molecular formula is C26H30N6O5S. The van der Waals surface area contributed by atoms with Crippen LogP contribution in [0, 0.1) is 6.92 Å². The number of esters is 1. The molecule has 0 aliphatic heterocycles. The van der Waals surface area contributed by atoms with Gasteiger partial charge in [0.1, 0.15) is 17.5 Å². The van der Waals surface area contributed by atoms with Crippen LogP contribution < -0.4 is 26.6 Å². The van der Waals surface area contributed by atoms with Gasteiger partial charge in [0.2, 0.25) is 5.91 Å². The third-order valence-electron chi connectivity index (χ3n) is 5.63. The molecule has 1 atom stereocenters. The number of nitrogens with zero attached hydrogens (tertiary/aromatic N) is 3. The number of benzene rings is 2. The maximum Gasteiger partial charge on any atom is 0.325 e. The fraction of sp³-hybridized carbons (Fsp3) is 0.269. The Bertz CT molecular complexity index is 1320. The summed E-state index contributed by atoms with van der Waals surface area (Å²) >= 11 is 0.715. The zero-order valence-electron chi connectivity index (χ0n) is 21.6. The second kappa shape index (κ2) is 12.2. The molecule has 0 bridgehead atoms. The van der Waals surface area contributed by atoms with E-state index in [1.54, 1.807) is 43.3 Å². The van der Waals surface area contributed by atoms with Gasteiger partial charge >= 0.3 is 5.97 Å². The Morgan fingerprint density at radius 1 is 1.03 bits per heavy atom. The molecule has 1 heterocycles. The van der Waals surface area contributed by atoms with E-state index in [9.17, 15) is 19.2 Å². The zero-order chi connectivity index (χ0) is 28.0. The second-order valence-corrected chi connectivity index (χ2v) is 9.33. The first-order chi connectivity index (χ1) is 18.0. The van der Waals surface area contributed by atoms with Crippen LogP contribution in [0.15, 0.2) is 48.5 Å². The van der Waals surface area contributed by atoms with Crippen LogP contribution in [0.25, 0.3) is 0 Å². The smallest absolute Gasteiger partial charge is 0.325 e. The highest BCUT2D eigenvalue weighted by atomic mass is 32.1. The van der Waals surface area contributed by atoms with Crippen LogP contribution in [-0.2, 0) is 14.3 Å². The summed E-state index contributed by atoms with van der Waals surface area (Å²) in [7, 11) is 3.76. The van der Waals surface area contributed by atoms with Gasteiger partial charge in [-0.25, -0.2) is 0 Å². The molecule has 0 saturated carbocycles. The van der Waals surface area contributed by atoms with E-state index in [2.05, 4.69) is 9.69 Å². The third kappa shape index (κ3) is 6.27. The summed E-state index contributed by atoms with van der Waals surface area (Å²) in [4.78, 5) is 54.5. The number of ether oxygens (including phenoxy) is 1. The highest BCUT2D eigenvalue weighted by Crippen LogP contribution is 2.33. The molecule has 11 nitrogen and oxygen atoms in total. The molecule has 0 spiro atoms. The predicted molar refractivity (Wildman–Crippen MR) is 146 cm³/mol. The summed E-state index contributed by atoms with van der Waals surface area (Å²) in [5, 5.41) is 2.57. The fourth-order valence-electron chi connectivity index (χ4n) is 3.67. The van der Waals surface area contributed by atoms with E-state index in [1.807, 2.05) is 38.1 Å². The number of amides is 3. The van der Waals surface area contributed by atoms with E-state index < -0.39 is 29.7 Å². The van der Waals surface area contributed by atoms with E-state index in [0.717, 1.165) is 11.3 Å². The summed E-state index contributed by atoms with van der Waals surface area (Å²) in [5.74, 6) is -2.77. The number of anilines is 3. The monoisotopic (exact) mass is 538 g/mol. The first-order valence-electron chi connectivity index (χ1n) is 11.7. The van der Waals surface area contributed by atoms with E-state index in [-0.39, 0.29) is 29.4 Å². The van der Waals surface area contributed by atoms with Gasteiger partial charge in [-0.2, -0.15) is 4.37 Å². The summed E-state index contributed by atoms with van der Waals surface area (Å²) in [6.45, 7) is 3.32. The van der Waals surface area contributed by atoms with E-state index in [1.165, 1.54) is 4.90 Å². The molecule has 3 aromatic rings. The predicted octanol–water partition coefficient (Wildman–Crippen LogP) is 2.27. The second-order valence-electron chi connectivity index (χ2n) is 8.56. The molecule has 2 aromatic carbocycles. The minimum atomic E-state index is -1.21. The minimum absolute atomic E-state index is 0.0486. The van der Waals surface area contributed by atoms with E-state index >= 15 is 0 Å². The lowest BCUT2D eigenvalue weighted by atomic mass is 10.0. The van der Waals surface area contributed by atoms with Gasteiger partial charge in [-0.05, 0) is 55.2 Å². The van der Waals surface area contributed by atoms with Crippen molar-refractivity contribution in [3.63, 3.8) is 0 Å². The first kappa shape index (κ1) is 28.1. The van der Waals surface area contributed by atoms with E-state index in [4.69, 9.17) is 16.2 Å². The number of primary amides is 1. The Morgan fingerprint density at radius 3 is 2.16 bits per heavy atom. The van der Waals surface area contributed by atoms with Gasteiger partial charge in [0.05, 0.1) is 12.3 Å². The number of aromatic nitrogens is 1. The SMILES string of the molecule is CCOC(=O)CNC(=O)[C@H](c1ccc(N(C)C)cc1)N(C(=O)c1snc(C(N)=O)c1N)c1ccc(C)cc1. The van der Waals surface area contributed by atoms with Crippen LogP contribution in [0.2, 0.25) is 0 Å². The van der Waals surface area contributed by atoms with Gasteiger partial charge in [-0.1, -0.05) is 29.8 Å². The van der Waals surface area contributed by atoms with Gasteiger partial charge in [-0.15, -0.1) is 0 Å². The van der Waals surface area contributed by atoms with Crippen LogP contribution in [-0.4, -0.2) is 55.3 Å². The Kier molecular flexibility index (Phi) is 9.02.